The van der Waals surface area contributed by atoms with Crippen LogP contribution in [0.25, 0.3) is 11.1 Å². The molecule has 0 spiro atoms. The summed E-state index contributed by atoms with van der Waals surface area (Å²) in [5, 5.41) is 0. The van der Waals surface area contributed by atoms with Gasteiger partial charge in [0.1, 0.15) is 34.5 Å². The fraction of sp³-hybridized carbons (Fsp3) is 0.250. The van der Waals surface area contributed by atoms with Crippen LogP contribution in [0.15, 0.2) is 133 Å². The molecule has 1 fully saturated rings. The number of ether oxygens (including phenoxy) is 6. The van der Waals surface area contributed by atoms with Crippen molar-refractivity contribution in [1.29, 1.82) is 0 Å². The van der Waals surface area contributed by atoms with Crippen molar-refractivity contribution >= 4 is 18.3 Å². The van der Waals surface area contributed by atoms with Crippen LogP contribution in [0.4, 0.5) is 9.59 Å². The zero-order valence-corrected chi connectivity index (χ0v) is 35.4. The molecule has 0 N–H and O–H groups in total. The molecule has 0 unspecified atom stereocenters. The molecule has 312 valence electrons. The minimum absolute atomic E-state index is 0.254. The van der Waals surface area contributed by atoms with Gasteiger partial charge in [-0.25, -0.2) is 9.59 Å². The van der Waals surface area contributed by atoms with Gasteiger partial charge in [0.2, 0.25) is 0 Å². The Kier molecular flexibility index (Phi) is 12.6. The first-order chi connectivity index (χ1) is 29.3. The van der Waals surface area contributed by atoms with E-state index in [1.54, 1.807) is 43.5 Å². The van der Waals surface area contributed by atoms with E-state index in [1.165, 1.54) is 6.92 Å². The third-order valence-corrected chi connectivity index (χ3v) is 11.6. The first-order valence-corrected chi connectivity index (χ1v) is 20.5. The lowest BCUT2D eigenvalue weighted by atomic mass is 9.65. The normalized spacial score (nSPS) is 13.4. The molecule has 0 saturated heterocycles. The average molecular weight is 819 g/mol. The summed E-state index contributed by atoms with van der Waals surface area (Å²) >= 11 is 0. The van der Waals surface area contributed by atoms with Crippen molar-refractivity contribution in [3.8, 4) is 45.6 Å². The maximum Gasteiger partial charge on any atom is 0.519 e. The van der Waals surface area contributed by atoms with Gasteiger partial charge in [-0.3, -0.25) is 4.79 Å². The van der Waals surface area contributed by atoms with Crippen LogP contribution in [0.5, 0.6) is 34.5 Å². The number of carbonyl (C=O) groups excluding carboxylic acids is 3. The molecule has 0 amide bonds. The van der Waals surface area contributed by atoms with Crippen molar-refractivity contribution in [2.45, 2.75) is 77.6 Å². The largest absolute Gasteiger partial charge is 0.519 e. The van der Waals surface area contributed by atoms with Gasteiger partial charge in [-0.05, 0) is 132 Å². The van der Waals surface area contributed by atoms with E-state index in [-0.39, 0.29) is 16.8 Å². The number of aryl methyl sites for hydroxylation is 2. The number of hydrogen-bond donors (Lipinski definition) is 0. The van der Waals surface area contributed by atoms with Crippen molar-refractivity contribution in [3.63, 3.8) is 0 Å². The molecule has 1 aliphatic rings. The Hall–Kier alpha value is -6.87. The first-order valence-electron chi connectivity index (χ1n) is 20.5. The van der Waals surface area contributed by atoms with Gasteiger partial charge in [0.25, 0.3) is 0 Å². The van der Waals surface area contributed by atoms with Crippen LogP contribution in [0.2, 0.25) is 0 Å². The minimum Gasteiger partial charge on any atom is -0.496 e. The van der Waals surface area contributed by atoms with Crippen LogP contribution in [-0.4, -0.2) is 25.4 Å². The van der Waals surface area contributed by atoms with Crippen molar-refractivity contribution in [3.05, 3.63) is 167 Å². The second kappa shape index (κ2) is 18.2. The molecule has 61 heavy (non-hydrogen) atoms. The van der Waals surface area contributed by atoms with Gasteiger partial charge in [0, 0.05) is 17.8 Å². The predicted octanol–water partition coefficient (Wildman–Crippen LogP) is 12.6. The third-order valence-electron chi connectivity index (χ3n) is 11.6. The molecule has 1 saturated carbocycles. The molecule has 0 heterocycles. The van der Waals surface area contributed by atoms with E-state index in [4.69, 9.17) is 28.4 Å². The lowest BCUT2D eigenvalue weighted by Gasteiger charge is -2.38. The van der Waals surface area contributed by atoms with Gasteiger partial charge in [-0.15, -0.1) is 0 Å². The highest BCUT2D eigenvalue weighted by atomic mass is 16.7. The topological polar surface area (TPSA) is 107 Å². The molecule has 0 aliphatic heterocycles. The molecule has 1 aliphatic carbocycles. The second-order valence-electron chi connectivity index (χ2n) is 16.0. The highest BCUT2D eigenvalue weighted by molar-refractivity contribution is 5.72. The van der Waals surface area contributed by atoms with Crippen molar-refractivity contribution in [1.82, 2.24) is 0 Å². The summed E-state index contributed by atoms with van der Waals surface area (Å²) in [5.41, 5.74) is 7.65. The minimum atomic E-state index is -0.844. The quantitative estimate of drug-likeness (QED) is 0.0717. The maximum absolute atomic E-state index is 13.0. The molecule has 6 aromatic carbocycles. The average Bonchev–Trinajstić information content (AvgIpc) is 3.25. The van der Waals surface area contributed by atoms with Crippen LogP contribution in [0, 0.1) is 13.8 Å². The molecule has 0 radical (unpaired) electrons. The lowest BCUT2D eigenvalue weighted by molar-refractivity contribution is -0.131. The standard InChI is InChI=1S/C52H50O9/c1-34-32-41(18-28-47(34)56-6)51(4,5)42-19-29-48(35(2)33-42)61-50(55)60-46-26-16-40(17-27-46)52(30-8-7-9-31-52)39-14-24-45(25-15-39)59-49(54)58-44-22-12-38(13-23-44)37-10-20-43(21-11-37)57-36(3)53/h10-29,32-33H,7-9,30-31H2,1-6H3. The Morgan fingerprint density at radius 3 is 1.30 bits per heavy atom. The Bertz CT molecular complexity index is 2500. The van der Waals surface area contributed by atoms with Crippen LogP contribution < -0.4 is 28.4 Å². The van der Waals surface area contributed by atoms with E-state index in [0.717, 1.165) is 82.4 Å². The first kappa shape index (κ1) is 42.3. The van der Waals surface area contributed by atoms with E-state index in [0.29, 0.717) is 28.7 Å². The van der Waals surface area contributed by atoms with Crippen molar-refractivity contribution in [2.24, 2.45) is 0 Å². The van der Waals surface area contributed by atoms with Crippen LogP contribution in [0.3, 0.4) is 0 Å². The molecule has 9 heteroatoms. The summed E-state index contributed by atoms with van der Waals surface area (Å²) in [6, 6.07) is 41.5. The van der Waals surface area contributed by atoms with Gasteiger partial charge in [-0.1, -0.05) is 106 Å². The Morgan fingerprint density at radius 1 is 0.492 bits per heavy atom. The highest BCUT2D eigenvalue weighted by Crippen LogP contribution is 2.46. The SMILES string of the molecule is COc1ccc(C(C)(C)c2ccc(OC(=O)Oc3ccc(C4(c5ccc(OC(=O)Oc6ccc(-c7ccc(OC(C)=O)cc7)cc6)cc5)CCCCC4)cc3)c(C)c2)cc1C. The lowest BCUT2D eigenvalue weighted by Crippen LogP contribution is -2.30. The fourth-order valence-corrected chi connectivity index (χ4v) is 8.19. The molecule has 9 nitrogen and oxygen atoms in total. The summed E-state index contributed by atoms with van der Waals surface area (Å²) in [6.45, 7) is 9.65. The van der Waals surface area contributed by atoms with Crippen LogP contribution >= 0.6 is 0 Å². The predicted molar refractivity (Wildman–Crippen MR) is 234 cm³/mol. The second-order valence-corrected chi connectivity index (χ2v) is 16.0. The van der Waals surface area contributed by atoms with Crippen LogP contribution in [-0.2, 0) is 15.6 Å². The molecule has 7 rings (SSSR count). The molecule has 6 aromatic rings. The van der Waals surface area contributed by atoms with Crippen molar-refractivity contribution in [2.75, 3.05) is 7.11 Å². The van der Waals surface area contributed by atoms with E-state index in [9.17, 15) is 14.4 Å². The monoisotopic (exact) mass is 818 g/mol. The molecule has 0 atom stereocenters. The van der Waals surface area contributed by atoms with E-state index in [2.05, 4.69) is 26.0 Å². The number of benzene rings is 6. The van der Waals surface area contributed by atoms with Gasteiger partial charge in [-0.2, -0.15) is 0 Å². The Morgan fingerprint density at radius 2 is 0.885 bits per heavy atom. The number of methoxy groups -OCH3 is 1. The van der Waals surface area contributed by atoms with E-state index >= 15 is 0 Å². The van der Waals surface area contributed by atoms with Gasteiger partial charge in [0.15, 0.2) is 0 Å². The zero-order chi connectivity index (χ0) is 43.1. The van der Waals surface area contributed by atoms with Crippen LogP contribution in [0.1, 0.15) is 86.3 Å². The number of hydrogen-bond acceptors (Lipinski definition) is 9. The smallest absolute Gasteiger partial charge is 0.496 e. The Labute approximate surface area is 357 Å². The summed E-state index contributed by atoms with van der Waals surface area (Å²) in [7, 11) is 1.67. The zero-order valence-electron chi connectivity index (χ0n) is 35.4. The fourth-order valence-electron chi connectivity index (χ4n) is 8.19. The maximum atomic E-state index is 13.0. The van der Waals surface area contributed by atoms with Gasteiger partial charge >= 0.3 is 18.3 Å². The molecular weight excluding hydrogens is 769 g/mol. The number of rotatable bonds is 11. The summed E-state index contributed by atoms with van der Waals surface area (Å²) < 4.78 is 32.9. The molecular formula is C52H50O9. The highest BCUT2D eigenvalue weighted by Gasteiger charge is 2.36. The summed E-state index contributed by atoms with van der Waals surface area (Å²) in [5.74, 6) is 2.47. The number of esters is 1. The van der Waals surface area contributed by atoms with Gasteiger partial charge < -0.3 is 28.4 Å². The Balaban J connectivity index is 0.961. The van der Waals surface area contributed by atoms with Gasteiger partial charge in [0.05, 0.1) is 7.11 Å². The van der Waals surface area contributed by atoms with E-state index in [1.807, 2.05) is 98.8 Å². The number of carbonyl (C=O) groups is 3. The van der Waals surface area contributed by atoms with E-state index < -0.39 is 12.3 Å². The summed E-state index contributed by atoms with van der Waals surface area (Å²) in [4.78, 5) is 37.0. The third kappa shape index (κ3) is 9.79. The van der Waals surface area contributed by atoms with Crippen molar-refractivity contribution < 1.29 is 42.8 Å². The molecule has 0 bridgehead atoms. The summed E-state index contributed by atoms with van der Waals surface area (Å²) in [6.07, 6.45) is 3.55. The molecule has 0 aromatic heterocycles.